The highest BCUT2D eigenvalue weighted by molar-refractivity contribution is 8.13. The van der Waals surface area contributed by atoms with Gasteiger partial charge in [-0.25, -0.2) is 13.4 Å². The minimum Gasteiger partial charge on any atom is -0.398 e. The molecule has 0 radical (unpaired) electrons. The van der Waals surface area contributed by atoms with Crippen molar-refractivity contribution < 1.29 is 8.42 Å². The van der Waals surface area contributed by atoms with Gasteiger partial charge in [-0.15, -0.1) is 0 Å². The number of halogens is 1. The number of fused-ring (bicyclic) bond motifs is 1. The van der Waals surface area contributed by atoms with Crippen molar-refractivity contribution in [2.24, 2.45) is 0 Å². The molecule has 74 valence electrons. The summed E-state index contributed by atoms with van der Waals surface area (Å²) >= 11 is 0. The van der Waals surface area contributed by atoms with Crippen molar-refractivity contribution in [1.29, 1.82) is 0 Å². The van der Waals surface area contributed by atoms with Crippen LogP contribution >= 0.6 is 10.7 Å². The number of H-pyrrole nitrogens is 1. The van der Waals surface area contributed by atoms with Crippen LogP contribution in [0.4, 0.5) is 5.69 Å². The van der Waals surface area contributed by atoms with E-state index in [0.29, 0.717) is 11.0 Å². The number of nitrogens with one attached hydrogen (secondary N) is 1. The summed E-state index contributed by atoms with van der Waals surface area (Å²) in [6.45, 7) is 0. The molecule has 0 aliphatic carbocycles. The Bertz CT molecular complexity index is 590. The molecule has 2 rings (SSSR count). The van der Waals surface area contributed by atoms with Crippen molar-refractivity contribution >= 4 is 36.5 Å². The Labute approximate surface area is 84.3 Å². The monoisotopic (exact) mass is 231 g/mol. The second-order valence-electron chi connectivity index (χ2n) is 2.75. The summed E-state index contributed by atoms with van der Waals surface area (Å²) in [5.41, 5.74) is 6.80. The van der Waals surface area contributed by atoms with Crippen LogP contribution in [0.2, 0.25) is 0 Å². The Hall–Kier alpha value is -1.27. The lowest BCUT2D eigenvalue weighted by Gasteiger charge is -2.00. The molecule has 3 N–H and O–H groups in total. The molecule has 0 atom stereocenters. The van der Waals surface area contributed by atoms with Crippen molar-refractivity contribution in [3.05, 3.63) is 18.5 Å². The standard InChI is InChI=1S/C7H6ClN3O2S/c8-14(12,13)7-2-6-5(1-4(7)9)10-3-11-6/h1-3H,9H2,(H,10,11). The molecule has 5 nitrogen and oxygen atoms in total. The molecule has 0 saturated carbocycles. The maximum absolute atomic E-state index is 11.1. The van der Waals surface area contributed by atoms with E-state index in [9.17, 15) is 8.42 Å². The molecular formula is C7H6ClN3O2S. The lowest BCUT2D eigenvalue weighted by Crippen LogP contribution is -1.97. The van der Waals surface area contributed by atoms with E-state index < -0.39 is 9.05 Å². The largest absolute Gasteiger partial charge is 0.398 e. The van der Waals surface area contributed by atoms with Crippen molar-refractivity contribution in [3.63, 3.8) is 0 Å². The third-order valence-electron chi connectivity index (χ3n) is 1.81. The highest BCUT2D eigenvalue weighted by Gasteiger charge is 2.15. The van der Waals surface area contributed by atoms with E-state index >= 15 is 0 Å². The predicted octanol–water partition coefficient (Wildman–Crippen LogP) is 1.07. The molecule has 1 aromatic carbocycles. The number of aromatic amines is 1. The van der Waals surface area contributed by atoms with Gasteiger partial charge in [-0.1, -0.05) is 0 Å². The second-order valence-corrected chi connectivity index (χ2v) is 5.28. The minimum atomic E-state index is -3.80. The SMILES string of the molecule is Nc1cc2nc[nH]c2cc1S(=O)(=O)Cl. The normalized spacial score (nSPS) is 12.1. The molecule has 14 heavy (non-hydrogen) atoms. The first-order valence-electron chi connectivity index (χ1n) is 3.66. The van der Waals surface area contributed by atoms with Crippen LogP contribution in [-0.2, 0) is 9.05 Å². The smallest absolute Gasteiger partial charge is 0.263 e. The first kappa shape index (κ1) is 9.29. The fourth-order valence-electron chi connectivity index (χ4n) is 1.19. The molecular weight excluding hydrogens is 226 g/mol. The number of benzene rings is 1. The van der Waals surface area contributed by atoms with Crippen LogP contribution < -0.4 is 5.73 Å². The molecule has 0 spiro atoms. The Kier molecular flexibility index (Phi) is 1.90. The van der Waals surface area contributed by atoms with E-state index in [2.05, 4.69) is 9.97 Å². The van der Waals surface area contributed by atoms with Crippen molar-refractivity contribution in [2.45, 2.75) is 4.90 Å². The Morgan fingerprint density at radius 3 is 2.79 bits per heavy atom. The van der Waals surface area contributed by atoms with Gasteiger partial charge in [-0.3, -0.25) is 0 Å². The van der Waals surface area contributed by atoms with Crippen LogP contribution in [0.1, 0.15) is 0 Å². The maximum Gasteiger partial charge on any atom is 0.263 e. The Morgan fingerprint density at radius 1 is 1.43 bits per heavy atom. The molecule has 0 unspecified atom stereocenters. The quantitative estimate of drug-likeness (QED) is 0.568. The van der Waals surface area contributed by atoms with Crippen molar-refractivity contribution in [3.8, 4) is 0 Å². The second kappa shape index (κ2) is 2.86. The highest BCUT2D eigenvalue weighted by Crippen LogP contribution is 2.26. The average molecular weight is 232 g/mol. The molecule has 0 amide bonds. The van der Waals surface area contributed by atoms with E-state index in [0.717, 1.165) is 0 Å². The number of imidazole rings is 1. The molecule has 0 aliphatic heterocycles. The predicted molar refractivity (Wildman–Crippen MR) is 53.5 cm³/mol. The van der Waals surface area contributed by atoms with Gasteiger partial charge >= 0.3 is 0 Å². The average Bonchev–Trinajstić information content (AvgIpc) is 2.47. The number of nitrogens with zero attached hydrogens (tertiary/aromatic N) is 1. The third-order valence-corrected chi connectivity index (χ3v) is 3.19. The summed E-state index contributed by atoms with van der Waals surface area (Å²) in [5.74, 6) is 0. The first-order valence-corrected chi connectivity index (χ1v) is 5.96. The number of hydrogen-bond donors (Lipinski definition) is 2. The summed E-state index contributed by atoms with van der Waals surface area (Å²) in [7, 11) is 1.39. The van der Waals surface area contributed by atoms with E-state index in [1.807, 2.05) is 0 Å². The summed E-state index contributed by atoms with van der Waals surface area (Å²) < 4.78 is 22.1. The molecule has 0 bridgehead atoms. The Balaban J connectivity index is 2.84. The molecule has 7 heteroatoms. The van der Waals surface area contributed by atoms with Gasteiger partial charge in [0.15, 0.2) is 0 Å². The zero-order valence-corrected chi connectivity index (χ0v) is 8.43. The third kappa shape index (κ3) is 1.42. The van der Waals surface area contributed by atoms with Crippen LogP contribution in [-0.4, -0.2) is 18.4 Å². The summed E-state index contributed by atoms with van der Waals surface area (Å²) in [6.07, 6.45) is 1.45. The maximum atomic E-state index is 11.1. The first-order chi connectivity index (χ1) is 6.48. The number of aromatic nitrogens is 2. The summed E-state index contributed by atoms with van der Waals surface area (Å²) in [4.78, 5) is 6.60. The van der Waals surface area contributed by atoms with E-state index in [1.54, 1.807) is 0 Å². The van der Waals surface area contributed by atoms with Gasteiger partial charge in [-0.05, 0) is 12.1 Å². The number of rotatable bonds is 1. The number of hydrogen-bond acceptors (Lipinski definition) is 4. The molecule has 0 aliphatic rings. The van der Waals surface area contributed by atoms with Crippen molar-refractivity contribution in [2.75, 3.05) is 5.73 Å². The number of anilines is 1. The fraction of sp³-hybridized carbons (Fsp3) is 0. The summed E-state index contributed by atoms with van der Waals surface area (Å²) in [6, 6.07) is 2.82. The number of nitrogens with two attached hydrogens (primary N) is 1. The molecule has 0 saturated heterocycles. The fourth-order valence-corrected chi connectivity index (χ4v) is 2.19. The van der Waals surface area contributed by atoms with Crippen molar-refractivity contribution in [1.82, 2.24) is 9.97 Å². The molecule has 1 heterocycles. The van der Waals surface area contributed by atoms with E-state index in [-0.39, 0.29) is 10.6 Å². The van der Waals surface area contributed by atoms with Gasteiger partial charge in [0, 0.05) is 10.7 Å². The molecule has 2 aromatic rings. The van der Waals surface area contributed by atoms with Gasteiger partial charge in [-0.2, -0.15) is 0 Å². The molecule has 1 aromatic heterocycles. The van der Waals surface area contributed by atoms with Gasteiger partial charge in [0.25, 0.3) is 9.05 Å². The topological polar surface area (TPSA) is 88.8 Å². The van der Waals surface area contributed by atoms with Crippen LogP contribution in [0.25, 0.3) is 11.0 Å². The minimum absolute atomic E-state index is 0.0969. The number of nitrogen functional groups attached to an aromatic ring is 1. The van der Waals surface area contributed by atoms with Crippen LogP contribution in [0.3, 0.4) is 0 Å². The van der Waals surface area contributed by atoms with Gasteiger partial charge in [0.2, 0.25) is 0 Å². The zero-order valence-electron chi connectivity index (χ0n) is 6.86. The lowest BCUT2D eigenvalue weighted by molar-refractivity contribution is 0.610. The summed E-state index contributed by atoms with van der Waals surface area (Å²) in [5, 5.41) is 0. The van der Waals surface area contributed by atoms with E-state index in [1.165, 1.54) is 18.5 Å². The van der Waals surface area contributed by atoms with Gasteiger partial charge in [0.05, 0.1) is 23.0 Å². The van der Waals surface area contributed by atoms with Crippen LogP contribution in [0.15, 0.2) is 23.4 Å². The Morgan fingerprint density at radius 2 is 2.14 bits per heavy atom. The van der Waals surface area contributed by atoms with Crippen LogP contribution in [0.5, 0.6) is 0 Å². The van der Waals surface area contributed by atoms with E-state index in [4.69, 9.17) is 16.4 Å². The highest BCUT2D eigenvalue weighted by atomic mass is 35.7. The molecule has 0 fully saturated rings. The van der Waals surface area contributed by atoms with Crippen LogP contribution in [0, 0.1) is 0 Å². The van der Waals surface area contributed by atoms with Gasteiger partial charge < -0.3 is 10.7 Å². The lowest BCUT2D eigenvalue weighted by atomic mass is 10.3. The zero-order chi connectivity index (χ0) is 10.3. The van der Waals surface area contributed by atoms with Gasteiger partial charge in [0.1, 0.15) is 4.90 Å².